The van der Waals surface area contributed by atoms with Gasteiger partial charge in [-0.05, 0) is 36.1 Å². The minimum absolute atomic E-state index is 0.177. The Kier molecular flexibility index (Phi) is 10.7. The maximum atomic E-state index is 11.7. The van der Waals surface area contributed by atoms with E-state index in [9.17, 15) is 9.59 Å². The highest BCUT2D eigenvalue weighted by Gasteiger charge is 2.02. The van der Waals surface area contributed by atoms with Crippen LogP contribution in [0, 0.1) is 0 Å². The molecule has 0 saturated carbocycles. The summed E-state index contributed by atoms with van der Waals surface area (Å²) in [5.41, 5.74) is 7.05. The van der Waals surface area contributed by atoms with Crippen LogP contribution in [0.25, 0.3) is 12.2 Å². The van der Waals surface area contributed by atoms with Crippen LogP contribution < -0.4 is 10.9 Å². The number of allylic oxidation sites excluding steroid dienone is 2. The molecule has 0 bridgehead atoms. The molecule has 2 aromatic rings. The van der Waals surface area contributed by atoms with E-state index < -0.39 is 0 Å². The Morgan fingerprint density at radius 2 is 1.07 bits per heavy atom. The zero-order valence-electron chi connectivity index (χ0n) is 16.8. The highest BCUT2D eigenvalue weighted by molar-refractivity contribution is 5.82. The second-order valence-electron chi connectivity index (χ2n) is 6.37. The molecule has 0 aliphatic heterocycles. The second-order valence-corrected chi connectivity index (χ2v) is 6.37. The molecule has 2 N–H and O–H groups in total. The van der Waals surface area contributed by atoms with E-state index in [0.717, 1.165) is 11.1 Å². The van der Waals surface area contributed by atoms with E-state index in [1.807, 2.05) is 72.8 Å². The van der Waals surface area contributed by atoms with Gasteiger partial charge in [0.05, 0.1) is 0 Å². The van der Waals surface area contributed by atoms with Crippen LogP contribution in [0.4, 0.5) is 0 Å². The quantitative estimate of drug-likeness (QED) is 0.336. The molecular formula is C24H26N4O2. The summed E-state index contributed by atoms with van der Waals surface area (Å²) in [5, 5.41) is 7.73. The number of nitrogens with zero attached hydrogens (tertiary/aromatic N) is 2. The number of amides is 2. The molecule has 154 valence electrons. The average Bonchev–Trinajstić information content (AvgIpc) is 2.78. The molecule has 0 unspecified atom stereocenters. The molecular weight excluding hydrogens is 376 g/mol. The number of hydrogen-bond acceptors (Lipinski definition) is 4. The van der Waals surface area contributed by atoms with Crippen LogP contribution in [0.3, 0.4) is 0 Å². The van der Waals surface area contributed by atoms with E-state index >= 15 is 0 Å². The molecule has 0 saturated heterocycles. The molecule has 0 fully saturated rings. The van der Waals surface area contributed by atoms with Crippen molar-refractivity contribution in [2.75, 3.05) is 0 Å². The fourth-order valence-corrected chi connectivity index (χ4v) is 2.42. The van der Waals surface area contributed by atoms with Crippen molar-refractivity contribution < 1.29 is 9.59 Å². The van der Waals surface area contributed by atoms with Gasteiger partial charge in [-0.25, -0.2) is 10.9 Å². The third-order valence-electron chi connectivity index (χ3n) is 3.93. The van der Waals surface area contributed by atoms with Crippen LogP contribution >= 0.6 is 0 Å². The summed E-state index contributed by atoms with van der Waals surface area (Å²) < 4.78 is 0. The number of carbonyl (C=O) groups excluding carboxylic acids is 2. The number of rotatable bonds is 11. The first-order valence-electron chi connectivity index (χ1n) is 9.81. The highest BCUT2D eigenvalue weighted by atomic mass is 16.2. The van der Waals surface area contributed by atoms with Gasteiger partial charge in [-0.2, -0.15) is 10.2 Å². The van der Waals surface area contributed by atoms with Gasteiger partial charge in [0, 0.05) is 25.3 Å². The monoisotopic (exact) mass is 402 g/mol. The number of hydrogen-bond donors (Lipinski definition) is 2. The smallest absolute Gasteiger partial charge is 0.240 e. The molecule has 6 nitrogen and oxygen atoms in total. The number of carbonyl (C=O) groups is 2. The fourth-order valence-electron chi connectivity index (χ4n) is 2.42. The number of unbranched alkanes of at least 4 members (excludes halogenated alkanes) is 1. The van der Waals surface area contributed by atoms with Gasteiger partial charge in [-0.15, -0.1) is 0 Å². The fraction of sp³-hybridized carbons (Fsp3) is 0.167. The Morgan fingerprint density at radius 3 is 1.47 bits per heavy atom. The molecule has 0 radical (unpaired) electrons. The molecule has 30 heavy (non-hydrogen) atoms. The Balaban J connectivity index is 1.51. The lowest BCUT2D eigenvalue weighted by atomic mass is 10.2. The van der Waals surface area contributed by atoms with Crippen molar-refractivity contribution in [3.63, 3.8) is 0 Å². The van der Waals surface area contributed by atoms with Gasteiger partial charge in [0.1, 0.15) is 0 Å². The summed E-state index contributed by atoms with van der Waals surface area (Å²) in [6, 6.07) is 19.6. The van der Waals surface area contributed by atoms with Crippen molar-refractivity contribution in [3.05, 3.63) is 83.9 Å². The predicted molar refractivity (Wildman–Crippen MR) is 123 cm³/mol. The number of nitrogens with one attached hydrogen (secondary N) is 2. The van der Waals surface area contributed by atoms with Crippen LogP contribution in [0.5, 0.6) is 0 Å². The first-order valence-corrected chi connectivity index (χ1v) is 9.81. The van der Waals surface area contributed by atoms with Crippen molar-refractivity contribution in [3.8, 4) is 0 Å². The molecule has 0 aliphatic carbocycles. The van der Waals surface area contributed by atoms with E-state index in [4.69, 9.17) is 0 Å². The van der Waals surface area contributed by atoms with Gasteiger partial charge in [0.2, 0.25) is 11.8 Å². The minimum atomic E-state index is -0.177. The van der Waals surface area contributed by atoms with Crippen LogP contribution in [-0.4, -0.2) is 24.2 Å². The van der Waals surface area contributed by atoms with Crippen LogP contribution in [-0.2, 0) is 9.59 Å². The Morgan fingerprint density at radius 1 is 0.667 bits per heavy atom. The van der Waals surface area contributed by atoms with Gasteiger partial charge < -0.3 is 0 Å². The molecule has 2 amide bonds. The molecule has 0 heterocycles. The Hall–Kier alpha value is -3.80. The van der Waals surface area contributed by atoms with E-state index in [0.29, 0.717) is 25.7 Å². The van der Waals surface area contributed by atoms with E-state index in [1.54, 1.807) is 12.2 Å². The third kappa shape index (κ3) is 10.5. The van der Waals surface area contributed by atoms with E-state index in [-0.39, 0.29) is 11.8 Å². The zero-order valence-corrected chi connectivity index (χ0v) is 16.8. The summed E-state index contributed by atoms with van der Waals surface area (Å²) in [6.45, 7) is 0. The van der Waals surface area contributed by atoms with Gasteiger partial charge >= 0.3 is 0 Å². The van der Waals surface area contributed by atoms with Gasteiger partial charge in [-0.3, -0.25) is 9.59 Å². The topological polar surface area (TPSA) is 82.9 Å². The van der Waals surface area contributed by atoms with E-state index in [2.05, 4.69) is 21.1 Å². The number of hydrazone groups is 2. The standard InChI is InChI=1S/C24H26N4O2/c29-23(27-25-19-9-15-21-11-3-1-4-12-21)17-7-8-18-24(30)28-26-20-10-16-22-13-5-2-6-14-22/h1-6,9-16,19-20H,7-8,17-18H2,(H,27,29)(H,28,30)/b15-9+,16-10+,25-19+,26-20+. The average molecular weight is 402 g/mol. The highest BCUT2D eigenvalue weighted by Crippen LogP contribution is 2.01. The van der Waals surface area contributed by atoms with Crippen LogP contribution in [0.1, 0.15) is 36.8 Å². The van der Waals surface area contributed by atoms with Crippen molar-refractivity contribution in [1.82, 2.24) is 10.9 Å². The van der Waals surface area contributed by atoms with Crippen molar-refractivity contribution >= 4 is 36.4 Å². The molecule has 2 rings (SSSR count). The van der Waals surface area contributed by atoms with E-state index in [1.165, 1.54) is 12.4 Å². The third-order valence-corrected chi connectivity index (χ3v) is 3.93. The molecule has 2 aromatic carbocycles. The Labute approximate surface area is 177 Å². The second kappa shape index (κ2) is 14.2. The summed E-state index contributed by atoms with van der Waals surface area (Å²) >= 11 is 0. The van der Waals surface area contributed by atoms with Crippen LogP contribution in [0.15, 0.2) is 83.0 Å². The normalized spacial score (nSPS) is 11.6. The van der Waals surface area contributed by atoms with Gasteiger partial charge in [-0.1, -0.05) is 72.8 Å². The summed E-state index contributed by atoms with van der Waals surface area (Å²) in [4.78, 5) is 23.4. The summed E-state index contributed by atoms with van der Waals surface area (Å²) in [7, 11) is 0. The largest absolute Gasteiger partial charge is 0.273 e. The van der Waals surface area contributed by atoms with Crippen molar-refractivity contribution in [2.45, 2.75) is 25.7 Å². The zero-order chi connectivity index (χ0) is 21.3. The lowest BCUT2D eigenvalue weighted by Gasteiger charge is -2.00. The Bertz CT molecular complexity index is 812. The van der Waals surface area contributed by atoms with Crippen LogP contribution in [0.2, 0.25) is 0 Å². The summed E-state index contributed by atoms with van der Waals surface area (Å²) in [5.74, 6) is -0.354. The van der Waals surface area contributed by atoms with Gasteiger partial charge in [0.15, 0.2) is 0 Å². The molecule has 0 spiro atoms. The lowest BCUT2D eigenvalue weighted by molar-refractivity contribution is -0.123. The summed E-state index contributed by atoms with van der Waals surface area (Å²) in [6.07, 6.45) is 12.2. The number of benzene rings is 2. The predicted octanol–water partition coefficient (Wildman–Crippen LogP) is 4.18. The van der Waals surface area contributed by atoms with Gasteiger partial charge in [0.25, 0.3) is 0 Å². The first-order chi connectivity index (χ1) is 14.7. The molecule has 0 aliphatic rings. The maximum Gasteiger partial charge on any atom is 0.240 e. The lowest BCUT2D eigenvalue weighted by Crippen LogP contribution is -2.18. The first kappa shape index (κ1) is 22.5. The SMILES string of the molecule is O=C(CCCCC(=O)N/N=C/C=C/c1ccccc1)N/N=C/C=C/c1ccccc1. The maximum absolute atomic E-state index is 11.7. The van der Waals surface area contributed by atoms with Crippen molar-refractivity contribution in [1.29, 1.82) is 0 Å². The van der Waals surface area contributed by atoms with Crippen molar-refractivity contribution in [2.24, 2.45) is 10.2 Å². The molecule has 0 aromatic heterocycles. The minimum Gasteiger partial charge on any atom is -0.273 e. The molecule has 6 heteroatoms. The molecule has 0 atom stereocenters.